The van der Waals surface area contributed by atoms with E-state index in [4.69, 9.17) is 0 Å². The molecule has 3 N–H and O–H groups in total. The van der Waals surface area contributed by atoms with Crippen LogP contribution in [0.3, 0.4) is 0 Å². The van der Waals surface area contributed by atoms with Gasteiger partial charge in [-0.3, -0.25) is 14.6 Å². The number of aromatic hydroxyl groups is 1. The lowest BCUT2D eigenvalue weighted by molar-refractivity contribution is -0.120. The molecule has 0 radical (unpaired) electrons. The zero-order valence-corrected chi connectivity index (χ0v) is 20.0. The molecule has 0 unspecified atom stereocenters. The second-order valence-corrected chi connectivity index (χ2v) is 8.67. The van der Waals surface area contributed by atoms with Crippen LogP contribution in [0.4, 0.5) is 0 Å². The Hall–Kier alpha value is -4.20. The first-order chi connectivity index (χ1) is 16.8. The van der Waals surface area contributed by atoms with Gasteiger partial charge in [0.1, 0.15) is 5.56 Å². The molecule has 0 fully saturated rings. The van der Waals surface area contributed by atoms with Gasteiger partial charge in [-0.1, -0.05) is 51.1 Å². The lowest BCUT2D eigenvalue weighted by atomic mass is 10.0. The van der Waals surface area contributed by atoms with Crippen LogP contribution in [0, 0.1) is 0 Å². The van der Waals surface area contributed by atoms with Gasteiger partial charge in [0.2, 0.25) is 11.8 Å². The lowest BCUT2D eigenvalue weighted by Gasteiger charge is -2.12. The molecule has 0 saturated heterocycles. The van der Waals surface area contributed by atoms with Gasteiger partial charge in [0.15, 0.2) is 0 Å². The first-order valence-corrected chi connectivity index (χ1v) is 11.6. The van der Waals surface area contributed by atoms with E-state index in [1.165, 1.54) is 6.08 Å². The van der Waals surface area contributed by atoms with E-state index >= 15 is 0 Å². The smallest absolute Gasteiger partial charge is 0.335 e. The summed E-state index contributed by atoms with van der Waals surface area (Å²) in [4.78, 5) is 43.9. The molecule has 8 nitrogen and oxygen atoms in total. The number of aromatic amines is 1. The highest BCUT2D eigenvalue weighted by Gasteiger charge is 2.18. The van der Waals surface area contributed by atoms with Gasteiger partial charge < -0.3 is 10.4 Å². The van der Waals surface area contributed by atoms with Gasteiger partial charge in [-0.2, -0.15) is 0 Å². The van der Waals surface area contributed by atoms with Crippen molar-refractivity contribution in [2.24, 2.45) is 4.99 Å². The molecule has 1 aromatic heterocycles. The normalized spacial score (nSPS) is 13.7. The minimum absolute atomic E-state index is 0.0519. The number of carbonyl (C=O) groups is 1. The van der Waals surface area contributed by atoms with Crippen molar-refractivity contribution in [3.8, 4) is 11.6 Å². The summed E-state index contributed by atoms with van der Waals surface area (Å²) < 4.78 is 1.07. The highest BCUT2D eigenvalue weighted by Crippen LogP contribution is 2.25. The number of hydrogen-bond donors (Lipinski definition) is 3. The zero-order chi connectivity index (χ0) is 25.1. The molecular formula is C27H28N4O4. The summed E-state index contributed by atoms with van der Waals surface area (Å²) in [6, 6.07) is 14.8. The van der Waals surface area contributed by atoms with Crippen molar-refractivity contribution < 1.29 is 9.90 Å². The lowest BCUT2D eigenvalue weighted by Crippen LogP contribution is -2.30. The van der Waals surface area contributed by atoms with Crippen LogP contribution in [0.15, 0.2) is 68.8 Å². The second kappa shape index (κ2) is 9.97. The van der Waals surface area contributed by atoms with Crippen molar-refractivity contribution >= 4 is 17.6 Å². The Morgan fingerprint density at radius 1 is 1.14 bits per heavy atom. The number of fused-ring (bicyclic) bond motifs is 1. The van der Waals surface area contributed by atoms with Gasteiger partial charge in [-0.15, -0.1) is 0 Å². The predicted molar refractivity (Wildman–Crippen MR) is 135 cm³/mol. The molecule has 4 rings (SSSR count). The monoisotopic (exact) mass is 472 g/mol. The molecule has 1 aliphatic rings. The van der Waals surface area contributed by atoms with E-state index in [0.717, 1.165) is 26.3 Å². The van der Waals surface area contributed by atoms with Crippen molar-refractivity contribution in [3.63, 3.8) is 0 Å². The average molecular weight is 473 g/mol. The van der Waals surface area contributed by atoms with E-state index in [-0.39, 0.29) is 11.5 Å². The molecule has 0 saturated carbocycles. The molecule has 1 aliphatic heterocycles. The number of benzene rings is 2. The maximum Gasteiger partial charge on any atom is 0.335 e. The van der Waals surface area contributed by atoms with Crippen LogP contribution in [0.1, 0.15) is 50.7 Å². The summed E-state index contributed by atoms with van der Waals surface area (Å²) in [6.45, 7) is 6.32. The van der Waals surface area contributed by atoms with Crippen LogP contribution in [0.25, 0.3) is 17.3 Å². The summed E-state index contributed by atoms with van der Waals surface area (Å²) in [5, 5.41) is 15.5. The molecule has 0 spiro atoms. The highest BCUT2D eigenvalue weighted by atomic mass is 16.3. The molecule has 0 atom stereocenters. The third-order valence-electron chi connectivity index (χ3n) is 6.02. The molecule has 1 amide bonds. The minimum Gasteiger partial charge on any atom is -0.494 e. The number of carbonyl (C=O) groups excluding carboxylic acids is 1. The Morgan fingerprint density at radius 2 is 1.86 bits per heavy atom. The van der Waals surface area contributed by atoms with Gasteiger partial charge >= 0.3 is 5.69 Å². The summed E-state index contributed by atoms with van der Waals surface area (Å²) in [7, 11) is 0. The van der Waals surface area contributed by atoms with Gasteiger partial charge in [0.05, 0.1) is 16.7 Å². The molecule has 35 heavy (non-hydrogen) atoms. The van der Waals surface area contributed by atoms with Gasteiger partial charge in [0, 0.05) is 18.2 Å². The van der Waals surface area contributed by atoms with E-state index in [0.29, 0.717) is 36.7 Å². The predicted octanol–water partition coefficient (Wildman–Crippen LogP) is 2.10. The Balaban J connectivity index is 1.80. The SMILES string of the molecule is CCC(=O)NCCC1=c2ccccc2=N/C1=C\c1c(O)n(-c2ccc(C(C)C)cc2)c(=O)[nH]c1=O. The van der Waals surface area contributed by atoms with Crippen molar-refractivity contribution in [2.45, 2.75) is 39.5 Å². The number of rotatable bonds is 7. The first kappa shape index (κ1) is 23.9. The van der Waals surface area contributed by atoms with E-state index in [9.17, 15) is 19.5 Å². The van der Waals surface area contributed by atoms with Crippen LogP contribution < -0.4 is 27.1 Å². The molecule has 2 heterocycles. The summed E-state index contributed by atoms with van der Waals surface area (Å²) in [5.41, 5.74) is 1.35. The Kier molecular flexibility index (Phi) is 6.82. The molecule has 2 aromatic carbocycles. The third kappa shape index (κ3) is 4.87. The summed E-state index contributed by atoms with van der Waals surface area (Å²) in [5.74, 6) is -0.204. The standard InChI is InChI=1S/C27H28N4O4/c1-4-24(32)28-14-13-20-19-7-5-6-8-22(19)29-23(20)15-21-25(33)30-27(35)31(26(21)34)18-11-9-17(10-12-18)16(2)3/h5-12,15-16,34H,4,13-14H2,1-3H3,(H,28,32)(H,30,33,35)/b23-15-. The van der Waals surface area contributed by atoms with Gasteiger partial charge in [-0.05, 0) is 47.8 Å². The molecule has 8 heteroatoms. The Labute approximate surface area is 202 Å². The number of amides is 1. The van der Waals surface area contributed by atoms with Gasteiger partial charge in [-0.25, -0.2) is 14.4 Å². The maximum atomic E-state index is 12.7. The van der Waals surface area contributed by atoms with Crippen LogP contribution in [0.2, 0.25) is 0 Å². The number of para-hydroxylation sites is 1. The van der Waals surface area contributed by atoms with Crippen molar-refractivity contribution in [1.29, 1.82) is 0 Å². The Morgan fingerprint density at radius 3 is 2.54 bits per heavy atom. The highest BCUT2D eigenvalue weighted by molar-refractivity contribution is 5.78. The van der Waals surface area contributed by atoms with Crippen LogP contribution in [-0.2, 0) is 4.79 Å². The number of H-pyrrole nitrogens is 1. The zero-order valence-electron chi connectivity index (χ0n) is 20.0. The van der Waals surface area contributed by atoms with Crippen molar-refractivity contribution in [2.75, 3.05) is 6.54 Å². The second-order valence-electron chi connectivity index (χ2n) is 8.67. The number of hydrogen-bond acceptors (Lipinski definition) is 5. The molecule has 3 aromatic rings. The average Bonchev–Trinajstić information content (AvgIpc) is 3.19. The molecule has 180 valence electrons. The topological polar surface area (TPSA) is 117 Å². The van der Waals surface area contributed by atoms with Crippen molar-refractivity contribution in [1.82, 2.24) is 14.9 Å². The quantitative estimate of drug-likeness (QED) is 0.488. The van der Waals surface area contributed by atoms with E-state index < -0.39 is 17.1 Å². The molecule has 0 aliphatic carbocycles. The first-order valence-electron chi connectivity index (χ1n) is 11.6. The largest absolute Gasteiger partial charge is 0.494 e. The number of nitrogens with one attached hydrogen (secondary N) is 2. The third-order valence-corrected chi connectivity index (χ3v) is 6.02. The fourth-order valence-corrected chi connectivity index (χ4v) is 4.05. The minimum atomic E-state index is -0.731. The molecule has 0 bridgehead atoms. The summed E-state index contributed by atoms with van der Waals surface area (Å²) in [6.07, 6.45) is 2.37. The molecular weight excluding hydrogens is 444 g/mol. The number of allylic oxidation sites excluding steroid dienone is 1. The van der Waals surface area contributed by atoms with E-state index in [1.807, 2.05) is 36.4 Å². The fraction of sp³-hybridized carbons (Fsp3) is 0.259. The Bertz CT molecular complexity index is 1540. The van der Waals surface area contributed by atoms with Crippen molar-refractivity contribution in [3.05, 3.63) is 96.8 Å². The fourth-order valence-electron chi connectivity index (χ4n) is 4.05. The van der Waals surface area contributed by atoms with Gasteiger partial charge in [0.25, 0.3) is 5.56 Å². The number of nitrogens with zero attached hydrogens (tertiary/aromatic N) is 2. The number of aromatic nitrogens is 2. The van der Waals surface area contributed by atoms with Crippen LogP contribution >= 0.6 is 0 Å². The van der Waals surface area contributed by atoms with E-state index in [2.05, 4.69) is 29.1 Å². The van der Waals surface area contributed by atoms with Crippen LogP contribution in [-0.4, -0.2) is 27.1 Å². The van der Waals surface area contributed by atoms with Crippen LogP contribution in [0.5, 0.6) is 5.88 Å². The summed E-state index contributed by atoms with van der Waals surface area (Å²) >= 11 is 0. The maximum absolute atomic E-state index is 12.7. The van der Waals surface area contributed by atoms with E-state index in [1.54, 1.807) is 19.1 Å².